The number of anilines is 2. The maximum atomic E-state index is 13.8. The molecule has 39 heavy (non-hydrogen) atoms. The van der Waals surface area contributed by atoms with Crippen molar-refractivity contribution >= 4 is 28.4 Å². The fourth-order valence-corrected chi connectivity index (χ4v) is 4.30. The number of amides is 1. The van der Waals surface area contributed by atoms with Crippen molar-refractivity contribution in [1.82, 2.24) is 20.2 Å². The minimum atomic E-state index is -0.679. The molecule has 0 bridgehead atoms. The third-order valence-corrected chi connectivity index (χ3v) is 6.37. The normalized spacial score (nSPS) is 14.1. The number of carbonyl (C=O) groups is 1. The highest BCUT2D eigenvalue weighted by molar-refractivity contribution is 5.98. The number of halogens is 2. The highest BCUT2D eigenvalue weighted by Crippen LogP contribution is 2.29. The van der Waals surface area contributed by atoms with Crippen LogP contribution in [0.4, 0.5) is 20.3 Å². The van der Waals surface area contributed by atoms with Crippen LogP contribution in [-0.2, 0) is 9.47 Å². The van der Waals surface area contributed by atoms with Gasteiger partial charge in [-0.3, -0.25) is 9.78 Å². The zero-order valence-corrected chi connectivity index (χ0v) is 22.0. The van der Waals surface area contributed by atoms with E-state index in [9.17, 15) is 13.6 Å². The van der Waals surface area contributed by atoms with Gasteiger partial charge in [0, 0.05) is 56.1 Å². The largest absolute Gasteiger partial charge is 0.378 e. The lowest BCUT2D eigenvalue weighted by molar-refractivity contribution is 0.0700. The van der Waals surface area contributed by atoms with E-state index < -0.39 is 17.7 Å². The molecule has 1 fully saturated rings. The van der Waals surface area contributed by atoms with Gasteiger partial charge in [0.1, 0.15) is 17.5 Å². The number of likely N-dealkylation sites (N-methyl/N-ethyl adjacent to an activating group) is 2. The molecular formula is C28H38F2N6O3. The highest BCUT2D eigenvalue weighted by Gasteiger charge is 2.21. The smallest absolute Gasteiger partial charge is 0.253 e. The summed E-state index contributed by atoms with van der Waals surface area (Å²) in [5, 5.41) is 6.16. The summed E-state index contributed by atoms with van der Waals surface area (Å²) >= 11 is 0. The van der Waals surface area contributed by atoms with Gasteiger partial charge in [-0.1, -0.05) is 7.43 Å². The Balaban J connectivity index is 0.00000420. The van der Waals surface area contributed by atoms with E-state index in [1.807, 2.05) is 14.0 Å². The maximum Gasteiger partial charge on any atom is 0.253 e. The van der Waals surface area contributed by atoms with Gasteiger partial charge in [0.2, 0.25) is 0 Å². The van der Waals surface area contributed by atoms with Crippen molar-refractivity contribution in [2.75, 3.05) is 76.9 Å². The molecule has 0 saturated carbocycles. The highest BCUT2D eigenvalue weighted by atomic mass is 19.1. The second-order valence-corrected chi connectivity index (χ2v) is 9.23. The van der Waals surface area contributed by atoms with Crippen LogP contribution in [-0.4, -0.2) is 87.5 Å². The monoisotopic (exact) mass is 544 g/mol. The van der Waals surface area contributed by atoms with Gasteiger partial charge >= 0.3 is 0 Å². The predicted octanol–water partition coefficient (Wildman–Crippen LogP) is 3.86. The first-order valence-electron chi connectivity index (χ1n) is 12.7. The first kappa shape index (κ1) is 30.1. The molecule has 2 aromatic carbocycles. The van der Waals surface area contributed by atoms with E-state index in [1.54, 1.807) is 30.3 Å². The molecule has 0 radical (unpaired) electrons. The van der Waals surface area contributed by atoms with Crippen LogP contribution in [0, 0.1) is 11.6 Å². The Morgan fingerprint density at radius 3 is 2.56 bits per heavy atom. The van der Waals surface area contributed by atoms with Crippen LogP contribution >= 0.6 is 0 Å². The second kappa shape index (κ2) is 14.1. The van der Waals surface area contributed by atoms with Gasteiger partial charge in [-0.15, -0.1) is 0 Å². The Hall–Kier alpha value is -3.41. The molecule has 2 N–H and O–H groups in total. The van der Waals surface area contributed by atoms with Gasteiger partial charge < -0.3 is 29.9 Å². The Labute approximate surface area is 228 Å². The topological polar surface area (TPSA) is 91.9 Å². The number of rotatable bonds is 11. The lowest BCUT2D eigenvalue weighted by Gasteiger charge is -2.28. The Morgan fingerprint density at radius 2 is 1.87 bits per heavy atom. The molecule has 1 unspecified atom stereocenters. The number of ether oxygens (including phenoxy) is 2. The van der Waals surface area contributed by atoms with Crippen LogP contribution in [0.15, 0.2) is 36.5 Å². The summed E-state index contributed by atoms with van der Waals surface area (Å²) in [6.45, 7) is 6.59. The van der Waals surface area contributed by atoms with Gasteiger partial charge in [-0.05, 0) is 38.2 Å². The number of hydrogen-bond acceptors (Lipinski definition) is 8. The molecule has 1 amide bonds. The lowest BCUT2D eigenvalue weighted by atomic mass is 10.0. The van der Waals surface area contributed by atoms with E-state index in [4.69, 9.17) is 14.5 Å². The fourth-order valence-electron chi connectivity index (χ4n) is 4.30. The molecule has 1 atom stereocenters. The quantitative estimate of drug-likeness (QED) is 0.352. The maximum absolute atomic E-state index is 13.8. The minimum Gasteiger partial charge on any atom is -0.378 e. The van der Waals surface area contributed by atoms with Crippen molar-refractivity contribution in [3.8, 4) is 0 Å². The molecule has 2 heterocycles. The van der Waals surface area contributed by atoms with Crippen LogP contribution in [0.5, 0.6) is 0 Å². The van der Waals surface area contributed by atoms with Crippen LogP contribution in [0.3, 0.4) is 0 Å². The van der Waals surface area contributed by atoms with Crippen LogP contribution in [0.25, 0.3) is 11.0 Å². The summed E-state index contributed by atoms with van der Waals surface area (Å²) < 4.78 is 38.7. The molecule has 1 aliphatic heterocycles. The summed E-state index contributed by atoms with van der Waals surface area (Å²) in [7, 11) is 3.57. The van der Waals surface area contributed by atoms with E-state index in [0.717, 1.165) is 12.6 Å². The molecule has 9 nitrogen and oxygen atoms in total. The SMILES string of the molecule is C.CNCCOCCN(C)C(=O)c1cc(C(C)Nc2cc(F)cc(F)c2)c2nc(N3CCOCC3)cnc2c1. The first-order valence-corrected chi connectivity index (χ1v) is 12.7. The predicted molar refractivity (Wildman–Crippen MR) is 149 cm³/mol. The molecule has 0 aliphatic carbocycles. The summed E-state index contributed by atoms with van der Waals surface area (Å²) in [6, 6.07) is 6.34. The summed E-state index contributed by atoms with van der Waals surface area (Å²) in [4.78, 5) is 26.5. The number of hydrogen-bond donors (Lipinski definition) is 2. The molecule has 3 aromatic rings. The summed E-state index contributed by atoms with van der Waals surface area (Å²) in [6.07, 6.45) is 1.70. The molecule has 1 saturated heterocycles. The fraction of sp³-hybridized carbons (Fsp3) is 0.464. The van der Waals surface area contributed by atoms with Crippen molar-refractivity contribution in [2.45, 2.75) is 20.4 Å². The van der Waals surface area contributed by atoms with E-state index in [1.165, 1.54) is 12.1 Å². The zero-order valence-electron chi connectivity index (χ0n) is 22.0. The van der Waals surface area contributed by atoms with Crippen LogP contribution in [0.1, 0.15) is 36.3 Å². The van der Waals surface area contributed by atoms with Gasteiger partial charge in [0.15, 0.2) is 0 Å². The summed E-state index contributed by atoms with van der Waals surface area (Å²) in [5.74, 6) is -0.836. The lowest BCUT2D eigenvalue weighted by Crippen LogP contribution is -2.36. The van der Waals surface area contributed by atoms with Crippen molar-refractivity contribution in [3.05, 3.63) is 59.3 Å². The third kappa shape index (κ3) is 7.81. The van der Waals surface area contributed by atoms with Crippen LogP contribution < -0.4 is 15.5 Å². The average molecular weight is 545 g/mol. The molecule has 212 valence electrons. The average Bonchev–Trinajstić information content (AvgIpc) is 2.91. The van der Waals surface area contributed by atoms with Crippen molar-refractivity contribution in [3.63, 3.8) is 0 Å². The summed E-state index contributed by atoms with van der Waals surface area (Å²) in [5.41, 5.74) is 2.59. The van der Waals surface area contributed by atoms with Crippen LogP contribution in [0.2, 0.25) is 0 Å². The number of nitrogens with zero attached hydrogens (tertiary/aromatic N) is 4. The number of morpholine rings is 1. The van der Waals surface area contributed by atoms with Gasteiger partial charge in [-0.2, -0.15) is 0 Å². The minimum absolute atomic E-state index is 0. The van der Waals surface area contributed by atoms with Gasteiger partial charge in [0.05, 0.1) is 49.7 Å². The molecule has 1 aromatic heterocycles. The van der Waals surface area contributed by atoms with E-state index >= 15 is 0 Å². The zero-order chi connectivity index (χ0) is 27.1. The van der Waals surface area contributed by atoms with Gasteiger partial charge in [0.25, 0.3) is 5.91 Å². The Bertz CT molecular complexity index is 1240. The van der Waals surface area contributed by atoms with E-state index in [-0.39, 0.29) is 19.0 Å². The molecule has 1 aliphatic rings. The molecule has 0 spiro atoms. The van der Waals surface area contributed by atoms with Crippen molar-refractivity contribution in [2.24, 2.45) is 0 Å². The number of aromatic nitrogens is 2. The number of nitrogens with one attached hydrogen (secondary N) is 2. The second-order valence-electron chi connectivity index (χ2n) is 9.23. The molecule has 4 rings (SSSR count). The number of benzene rings is 2. The van der Waals surface area contributed by atoms with Crippen molar-refractivity contribution < 1.29 is 23.0 Å². The third-order valence-electron chi connectivity index (χ3n) is 6.37. The molecular weight excluding hydrogens is 506 g/mol. The van der Waals surface area contributed by atoms with Crippen molar-refractivity contribution in [1.29, 1.82) is 0 Å². The standard InChI is InChI=1S/C27H34F2N6O3.CH4/c1-18(32-22-15-20(28)14-21(29)16-22)23-12-19(27(36)34(3)5-9-37-8-4-30-2)13-24-26(23)33-25(17-31-24)35-6-10-38-11-7-35;/h12-18,30,32H,4-11H2,1-3H3;1H4. The Kier molecular flexibility index (Phi) is 10.9. The van der Waals surface area contributed by atoms with E-state index in [0.29, 0.717) is 74.0 Å². The van der Waals surface area contributed by atoms with E-state index in [2.05, 4.69) is 20.5 Å². The Morgan fingerprint density at radius 1 is 1.15 bits per heavy atom. The molecule has 11 heteroatoms. The first-order chi connectivity index (χ1) is 18.4. The number of fused-ring (bicyclic) bond motifs is 1. The number of carbonyl (C=O) groups excluding carboxylic acids is 1. The van der Waals surface area contributed by atoms with Gasteiger partial charge in [-0.25, -0.2) is 13.8 Å².